The van der Waals surface area contributed by atoms with Crippen LogP contribution in [0.2, 0.25) is 0 Å². The van der Waals surface area contributed by atoms with Gasteiger partial charge >= 0.3 is 6.03 Å². The summed E-state index contributed by atoms with van der Waals surface area (Å²) in [6.07, 6.45) is 3.39. The molecule has 0 bridgehead atoms. The van der Waals surface area contributed by atoms with Crippen molar-refractivity contribution in [2.75, 3.05) is 101 Å². The molecule has 3 amide bonds. The van der Waals surface area contributed by atoms with Crippen molar-refractivity contribution in [3.8, 4) is 0 Å². The summed E-state index contributed by atoms with van der Waals surface area (Å²) in [5, 5.41) is 4.15. The highest BCUT2D eigenvalue weighted by molar-refractivity contribution is 5.90. The van der Waals surface area contributed by atoms with E-state index in [1.54, 1.807) is 6.33 Å². The highest BCUT2D eigenvalue weighted by atomic mass is 16.5. The Morgan fingerprint density at radius 1 is 0.837 bits per heavy atom. The molecule has 0 radical (unpaired) electrons. The first-order chi connectivity index (χ1) is 20.9. The number of fused-ring (bicyclic) bond motifs is 1. The lowest BCUT2D eigenvalue weighted by Crippen LogP contribution is -2.50. The molecule has 3 saturated heterocycles. The number of piperidine rings is 1. The van der Waals surface area contributed by atoms with Gasteiger partial charge in [0, 0.05) is 80.7 Å². The topological polar surface area (TPSA) is 97.4 Å². The number of aromatic nitrogens is 2. The number of morpholine rings is 1. The number of anilines is 3. The fourth-order valence-electron chi connectivity index (χ4n) is 6.31. The maximum atomic E-state index is 13.0. The molecule has 3 fully saturated rings. The average Bonchev–Trinajstić information content (AvgIpc) is 3.05. The van der Waals surface area contributed by atoms with Crippen LogP contribution in [0, 0.1) is 0 Å². The molecule has 3 aliphatic heterocycles. The highest BCUT2D eigenvalue weighted by Gasteiger charge is 2.27. The fraction of sp³-hybridized carbons (Fsp3) is 0.500. The van der Waals surface area contributed by atoms with E-state index in [0.717, 1.165) is 99.0 Å². The van der Waals surface area contributed by atoms with Crippen LogP contribution < -0.4 is 15.1 Å². The van der Waals surface area contributed by atoms with Crippen LogP contribution in [0.5, 0.6) is 0 Å². The Balaban J connectivity index is 1.03. The lowest BCUT2D eigenvalue weighted by atomic mass is 9.91. The molecule has 11 nitrogen and oxygen atoms in total. The van der Waals surface area contributed by atoms with Crippen molar-refractivity contribution in [3.05, 3.63) is 54.5 Å². The maximum absolute atomic E-state index is 13.0. The van der Waals surface area contributed by atoms with Gasteiger partial charge in [0.25, 0.3) is 0 Å². The van der Waals surface area contributed by atoms with E-state index >= 15 is 0 Å². The number of hydrogen-bond donors (Lipinski definition) is 1. The lowest BCUT2D eigenvalue weighted by molar-refractivity contribution is -0.132. The van der Waals surface area contributed by atoms with Gasteiger partial charge in [-0.1, -0.05) is 0 Å². The number of likely N-dealkylation sites (N-methyl/N-ethyl adjacent to an activating group) is 1. The molecule has 0 saturated carbocycles. The summed E-state index contributed by atoms with van der Waals surface area (Å²) in [7, 11) is 3.85. The first kappa shape index (κ1) is 29.1. The van der Waals surface area contributed by atoms with Gasteiger partial charge in [0.15, 0.2) is 0 Å². The first-order valence-corrected chi connectivity index (χ1v) is 15.4. The Morgan fingerprint density at radius 2 is 1.51 bits per heavy atom. The Labute approximate surface area is 253 Å². The van der Waals surface area contributed by atoms with Crippen LogP contribution in [-0.2, 0) is 9.53 Å². The number of carbonyl (C=O) groups is 2. The summed E-state index contributed by atoms with van der Waals surface area (Å²) in [5.74, 6) is 0.460. The van der Waals surface area contributed by atoms with E-state index in [9.17, 15) is 9.59 Å². The van der Waals surface area contributed by atoms with Gasteiger partial charge in [-0.25, -0.2) is 14.8 Å². The van der Waals surface area contributed by atoms with E-state index in [2.05, 4.69) is 50.4 Å². The second-order valence-electron chi connectivity index (χ2n) is 11.9. The molecule has 0 aliphatic carbocycles. The van der Waals surface area contributed by atoms with Crippen LogP contribution in [0.15, 0.2) is 48.8 Å². The van der Waals surface area contributed by atoms with E-state index < -0.39 is 0 Å². The number of carbonyl (C=O) groups excluding carboxylic acids is 2. The number of amides is 3. The Morgan fingerprint density at radius 3 is 2.21 bits per heavy atom. The van der Waals surface area contributed by atoms with Crippen molar-refractivity contribution in [1.29, 1.82) is 0 Å². The number of hydrogen-bond acceptors (Lipinski definition) is 8. The van der Waals surface area contributed by atoms with Gasteiger partial charge in [0.1, 0.15) is 6.33 Å². The molecule has 11 heteroatoms. The summed E-state index contributed by atoms with van der Waals surface area (Å²) < 4.78 is 5.44. The molecule has 0 atom stereocenters. The fourth-order valence-corrected chi connectivity index (χ4v) is 6.31. The molecule has 228 valence electrons. The zero-order valence-corrected chi connectivity index (χ0v) is 25.2. The minimum Gasteiger partial charge on any atom is -0.378 e. The van der Waals surface area contributed by atoms with E-state index in [0.29, 0.717) is 19.6 Å². The van der Waals surface area contributed by atoms with Gasteiger partial charge in [0.05, 0.1) is 31.0 Å². The SMILES string of the molecule is CN(C)CC(=O)N1CCN(c2ccc3c(C4CCN(C(=O)Nc5ccc(N6CCOCC6)cc5)CC4)ncnc3c2)CC1. The lowest BCUT2D eigenvalue weighted by Gasteiger charge is -2.36. The first-order valence-electron chi connectivity index (χ1n) is 15.4. The summed E-state index contributed by atoms with van der Waals surface area (Å²) in [5.41, 5.74) is 5.09. The van der Waals surface area contributed by atoms with Gasteiger partial charge in [0.2, 0.25) is 5.91 Å². The number of likely N-dealkylation sites (tertiary alicyclic amines) is 1. The molecule has 3 aromatic rings. The zero-order chi connectivity index (χ0) is 29.8. The molecule has 1 aromatic heterocycles. The number of benzene rings is 2. The van der Waals surface area contributed by atoms with Gasteiger partial charge in [-0.2, -0.15) is 0 Å². The van der Waals surface area contributed by atoms with E-state index in [1.807, 2.05) is 40.9 Å². The van der Waals surface area contributed by atoms with Gasteiger partial charge < -0.3 is 34.6 Å². The van der Waals surface area contributed by atoms with Crippen molar-refractivity contribution in [2.24, 2.45) is 0 Å². The van der Waals surface area contributed by atoms with Crippen molar-refractivity contribution < 1.29 is 14.3 Å². The van der Waals surface area contributed by atoms with Crippen LogP contribution in [0.4, 0.5) is 21.9 Å². The molecule has 43 heavy (non-hydrogen) atoms. The average molecular weight is 587 g/mol. The van der Waals surface area contributed by atoms with Crippen LogP contribution in [0.3, 0.4) is 0 Å². The smallest absolute Gasteiger partial charge is 0.321 e. The second-order valence-corrected chi connectivity index (χ2v) is 11.9. The number of rotatable bonds is 6. The maximum Gasteiger partial charge on any atom is 0.321 e. The molecular weight excluding hydrogens is 544 g/mol. The van der Waals surface area contributed by atoms with Crippen molar-refractivity contribution in [3.63, 3.8) is 0 Å². The summed E-state index contributed by atoms with van der Waals surface area (Å²) in [4.78, 5) is 45.2. The molecule has 0 spiro atoms. The minimum absolute atomic E-state index is 0.0572. The number of ether oxygens (including phenoxy) is 1. The third kappa shape index (κ3) is 6.83. The van der Waals surface area contributed by atoms with E-state index in [-0.39, 0.29) is 17.9 Å². The molecular formula is C32H42N8O3. The number of nitrogens with zero attached hydrogens (tertiary/aromatic N) is 7. The number of piperazine rings is 1. The van der Waals surface area contributed by atoms with Crippen LogP contribution in [0.25, 0.3) is 10.9 Å². The molecule has 3 aliphatic rings. The Kier molecular flexibility index (Phi) is 8.90. The normalized spacial score (nSPS) is 18.4. The van der Waals surface area contributed by atoms with Crippen LogP contribution >= 0.6 is 0 Å². The second kappa shape index (κ2) is 13.1. The number of nitrogens with one attached hydrogen (secondary N) is 1. The zero-order valence-electron chi connectivity index (χ0n) is 25.2. The van der Waals surface area contributed by atoms with E-state index in [4.69, 9.17) is 9.72 Å². The van der Waals surface area contributed by atoms with Crippen LogP contribution in [-0.4, -0.2) is 123 Å². The van der Waals surface area contributed by atoms with Crippen molar-refractivity contribution in [1.82, 2.24) is 24.7 Å². The summed E-state index contributed by atoms with van der Waals surface area (Å²) in [6.45, 7) is 8.16. The van der Waals surface area contributed by atoms with Gasteiger partial charge in [-0.05, 0) is 69.4 Å². The Hall–Kier alpha value is -3.96. The summed E-state index contributed by atoms with van der Waals surface area (Å²) >= 11 is 0. The van der Waals surface area contributed by atoms with E-state index in [1.165, 1.54) is 0 Å². The monoisotopic (exact) mass is 586 g/mol. The van der Waals surface area contributed by atoms with Gasteiger partial charge in [-0.3, -0.25) is 4.79 Å². The van der Waals surface area contributed by atoms with Gasteiger partial charge in [-0.15, -0.1) is 0 Å². The summed E-state index contributed by atoms with van der Waals surface area (Å²) in [6, 6.07) is 14.5. The largest absolute Gasteiger partial charge is 0.378 e. The van der Waals surface area contributed by atoms with Crippen molar-refractivity contribution in [2.45, 2.75) is 18.8 Å². The molecule has 6 rings (SSSR count). The third-order valence-corrected chi connectivity index (χ3v) is 8.76. The predicted molar refractivity (Wildman–Crippen MR) is 169 cm³/mol. The number of urea groups is 1. The highest BCUT2D eigenvalue weighted by Crippen LogP contribution is 2.33. The molecule has 0 unspecified atom stereocenters. The quantitative estimate of drug-likeness (QED) is 0.471. The molecule has 2 aromatic carbocycles. The standard InChI is InChI=1S/C32H42N8O3/c1-36(2)22-30(41)39-15-13-37(14-16-39)27-7-8-28-29(21-27)33-23-34-31(28)24-9-11-40(12-10-24)32(42)35-25-3-5-26(6-4-25)38-17-19-43-20-18-38/h3-8,21,23-24H,9-20,22H2,1-2H3,(H,35,42). The van der Waals surface area contributed by atoms with Crippen molar-refractivity contribution >= 4 is 39.9 Å². The molecule has 4 heterocycles. The van der Waals surface area contributed by atoms with Crippen LogP contribution in [0.1, 0.15) is 24.5 Å². The minimum atomic E-state index is -0.0572. The predicted octanol–water partition coefficient (Wildman–Crippen LogP) is 3.09. The third-order valence-electron chi connectivity index (χ3n) is 8.76. The molecule has 1 N–H and O–H groups in total. The Bertz CT molecular complexity index is 1410.